The van der Waals surface area contributed by atoms with Crippen molar-refractivity contribution >= 4 is 72.6 Å². The molecule has 0 spiro atoms. The van der Waals surface area contributed by atoms with E-state index in [1.54, 1.807) is 17.0 Å². The van der Waals surface area contributed by atoms with Crippen molar-refractivity contribution in [3.05, 3.63) is 80.0 Å². The molecule has 0 fully saturated rings. The van der Waals surface area contributed by atoms with E-state index in [4.69, 9.17) is 0 Å². The summed E-state index contributed by atoms with van der Waals surface area (Å²) in [5.74, 6) is -0.124. The van der Waals surface area contributed by atoms with Crippen LogP contribution in [0.25, 0.3) is 11.6 Å². The maximum absolute atomic E-state index is 12.7. The van der Waals surface area contributed by atoms with Crippen LogP contribution >= 0.6 is 31.9 Å². The molecule has 5 rings (SSSR count). The van der Waals surface area contributed by atoms with Gasteiger partial charge in [-0.3, -0.25) is 14.4 Å². The van der Waals surface area contributed by atoms with Crippen molar-refractivity contribution in [3.63, 3.8) is 0 Å². The van der Waals surface area contributed by atoms with Crippen molar-refractivity contribution in [2.24, 2.45) is 0 Å². The largest absolute Gasteiger partial charge is 0.351 e. The van der Waals surface area contributed by atoms with Crippen molar-refractivity contribution < 1.29 is 14.4 Å². The van der Waals surface area contributed by atoms with Gasteiger partial charge in [0.2, 0.25) is 5.91 Å². The highest BCUT2D eigenvalue weighted by Gasteiger charge is 2.24. The lowest BCUT2D eigenvalue weighted by atomic mass is 10.1. The SMILES string of the molecule is CCN(CC)CCN(C)C(=O)c1ccc(C=C2C(=O)Nc3ccc(Br)cc32)[nH]1.O=C1Cc2cc(Br)ccc2N1. The first-order valence-electron chi connectivity index (χ1n) is 12.8. The molecule has 3 amide bonds. The molecular weight excluding hydrogens is 626 g/mol. The molecule has 2 aromatic carbocycles. The van der Waals surface area contributed by atoms with Crippen LogP contribution in [0.2, 0.25) is 0 Å². The molecule has 2 aliphatic heterocycles. The van der Waals surface area contributed by atoms with Gasteiger partial charge in [-0.2, -0.15) is 0 Å². The third-order valence-electron chi connectivity index (χ3n) is 6.69. The van der Waals surface area contributed by atoms with Gasteiger partial charge >= 0.3 is 0 Å². The Balaban J connectivity index is 0.000000265. The Morgan fingerprint density at radius 2 is 1.62 bits per heavy atom. The van der Waals surface area contributed by atoms with E-state index in [1.807, 2.05) is 49.5 Å². The molecular formula is C29H31Br2N5O3. The summed E-state index contributed by atoms with van der Waals surface area (Å²) in [7, 11) is 1.81. The Labute approximate surface area is 245 Å². The van der Waals surface area contributed by atoms with Crippen LogP contribution in [-0.4, -0.2) is 65.7 Å². The van der Waals surface area contributed by atoms with Crippen molar-refractivity contribution in [1.82, 2.24) is 14.8 Å². The fourth-order valence-corrected chi connectivity index (χ4v) is 5.19. The number of benzene rings is 2. The molecule has 0 saturated heterocycles. The van der Waals surface area contributed by atoms with E-state index in [-0.39, 0.29) is 17.7 Å². The monoisotopic (exact) mass is 655 g/mol. The van der Waals surface area contributed by atoms with Crippen LogP contribution in [-0.2, 0) is 16.0 Å². The zero-order valence-electron chi connectivity index (χ0n) is 22.1. The van der Waals surface area contributed by atoms with Gasteiger partial charge in [-0.05, 0) is 73.3 Å². The molecule has 0 unspecified atom stereocenters. The van der Waals surface area contributed by atoms with E-state index in [1.165, 1.54) is 0 Å². The van der Waals surface area contributed by atoms with E-state index >= 15 is 0 Å². The third kappa shape index (κ3) is 7.06. The molecule has 0 aliphatic carbocycles. The average molecular weight is 657 g/mol. The molecule has 0 radical (unpaired) electrons. The van der Waals surface area contributed by atoms with Gasteiger partial charge in [0.05, 0.1) is 12.0 Å². The summed E-state index contributed by atoms with van der Waals surface area (Å²) in [5, 5.41) is 5.62. The number of H-pyrrole nitrogens is 1. The zero-order chi connectivity index (χ0) is 28.1. The summed E-state index contributed by atoms with van der Waals surface area (Å²) in [5.41, 5.74) is 5.46. The Morgan fingerprint density at radius 1 is 0.923 bits per heavy atom. The summed E-state index contributed by atoms with van der Waals surface area (Å²) >= 11 is 6.79. The minimum Gasteiger partial charge on any atom is -0.351 e. The highest BCUT2D eigenvalue weighted by molar-refractivity contribution is 9.10. The summed E-state index contributed by atoms with van der Waals surface area (Å²) in [6.45, 7) is 7.69. The highest BCUT2D eigenvalue weighted by Crippen LogP contribution is 2.35. The van der Waals surface area contributed by atoms with Crippen molar-refractivity contribution in [2.45, 2.75) is 20.3 Å². The average Bonchev–Trinajstić information content (AvgIpc) is 3.61. The number of hydrogen-bond acceptors (Lipinski definition) is 4. The number of carbonyl (C=O) groups is 3. The molecule has 0 bridgehead atoms. The number of anilines is 2. The Hall–Kier alpha value is -3.21. The second-order valence-electron chi connectivity index (χ2n) is 9.31. The van der Waals surface area contributed by atoms with Gasteiger partial charge in [-0.1, -0.05) is 45.7 Å². The quantitative estimate of drug-likeness (QED) is 0.287. The minimum atomic E-state index is -0.146. The van der Waals surface area contributed by atoms with Crippen LogP contribution in [0, 0.1) is 0 Å². The van der Waals surface area contributed by atoms with Gasteiger partial charge in [0.1, 0.15) is 5.69 Å². The first-order chi connectivity index (χ1) is 18.7. The van der Waals surface area contributed by atoms with E-state index in [9.17, 15) is 14.4 Å². The van der Waals surface area contributed by atoms with Crippen molar-refractivity contribution in [2.75, 3.05) is 43.9 Å². The maximum Gasteiger partial charge on any atom is 0.270 e. The number of halogens is 2. The molecule has 8 nitrogen and oxygen atoms in total. The van der Waals surface area contributed by atoms with E-state index in [2.05, 4.69) is 66.2 Å². The van der Waals surface area contributed by atoms with Gasteiger partial charge in [0.15, 0.2) is 0 Å². The van der Waals surface area contributed by atoms with Crippen LogP contribution < -0.4 is 10.6 Å². The second kappa shape index (κ2) is 12.8. The molecule has 2 aliphatic rings. The topological polar surface area (TPSA) is 97.5 Å². The molecule has 3 N–H and O–H groups in total. The van der Waals surface area contributed by atoms with Gasteiger partial charge in [-0.15, -0.1) is 0 Å². The molecule has 3 heterocycles. The maximum atomic E-state index is 12.7. The van der Waals surface area contributed by atoms with Crippen LogP contribution in [0.3, 0.4) is 0 Å². The number of fused-ring (bicyclic) bond motifs is 2. The third-order valence-corrected chi connectivity index (χ3v) is 7.68. The van der Waals surface area contributed by atoms with Crippen molar-refractivity contribution in [1.29, 1.82) is 0 Å². The first kappa shape index (κ1) is 28.8. The Bertz CT molecular complexity index is 1430. The number of hydrogen-bond donors (Lipinski definition) is 3. The summed E-state index contributed by atoms with van der Waals surface area (Å²) in [6, 6.07) is 15.0. The van der Waals surface area contributed by atoms with Crippen LogP contribution in [0.5, 0.6) is 0 Å². The molecule has 10 heteroatoms. The molecule has 204 valence electrons. The molecule has 1 aromatic heterocycles. The number of rotatable bonds is 7. The van der Waals surface area contributed by atoms with E-state index < -0.39 is 0 Å². The number of nitrogens with one attached hydrogen (secondary N) is 3. The smallest absolute Gasteiger partial charge is 0.270 e. The van der Waals surface area contributed by atoms with E-state index in [0.29, 0.717) is 24.2 Å². The lowest BCUT2D eigenvalue weighted by Crippen LogP contribution is -2.36. The molecule has 0 saturated carbocycles. The number of amides is 3. The minimum absolute atomic E-state index is 0.0594. The molecule has 0 atom stereocenters. The number of aromatic amines is 1. The number of likely N-dealkylation sites (N-methyl/N-ethyl adjacent to an activating group) is 2. The Kier molecular flexibility index (Phi) is 9.42. The number of nitrogens with zero attached hydrogens (tertiary/aromatic N) is 2. The van der Waals surface area contributed by atoms with Gasteiger partial charge < -0.3 is 25.4 Å². The predicted octanol–water partition coefficient (Wildman–Crippen LogP) is 5.63. The first-order valence-corrected chi connectivity index (χ1v) is 14.3. The number of aromatic nitrogens is 1. The molecule has 39 heavy (non-hydrogen) atoms. The van der Waals surface area contributed by atoms with Gasteiger partial charge in [0.25, 0.3) is 11.8 Å². The summed E-state index contributed by atoms with van der Waals surface area (Å²) < 4.78 is 1.93. The fourth-order valence-electron chi connectivity index (χ4n) is 4.42. The van der Waals surface area contributed by atoms with Crippen LogP contribution in [0.4, 0.5) is 11.4 Å². The summed E-state index contributed by atoms with van der Waals surface area (Å²) in [6.07, 6.45) is 2.29. The standard InChI is InChI=1S/C21H25BrN4O2.C8H6BrNO/c1-4-26(5-2)11-10-25(3)21(28)19-9-7-15(23-19)13-17-16-12-14(22)6-8-18(16)24-20(17)27;9-6-1-2-7-5(3-6)4-8(11)10-7/h6-9,12-13,23H,4-5,10-11H2,1-3H3,(H,24,27);1-3H,4H2,(H,10,11). The summed E-state index contributed by atoms with van der Waals surface area (Å²) in [4.78, 5) is 43.0. The van der Waals surface area contributed by atoms with Gasteiger partial charge in [0, 0.05) is 51.7 Å². The molecule has 3 aromatic rings. The Morgan fingerprint density at radius 3 is 2.33 bits per heavy atom. The lowest BCUT2D eigenvalue weighted by Gasteiger charge is -2.22. The van der Waals surface area contributed by atoms with Crippen LogP contribution in [0.15, 0.2) is 57.5 Å². The highest BCUT2D eigenvalue weighted by atomic mass is 79.9. The van der Waals surface area contributed by atoms with Gasteiger partial charge in [-0.25, -0.2) is 0 Å². The predicted molar refractivity (Wildman–Crippen MR) is 163 cm³/mol. The second-order valence-corrected chi connectivity index (χ2v) is 11.1. The van der Waals surface area contributed by atoms with E-state index in [0.717, 1.165) is 56.8 Å². The zero-order valence-corrected chi connectivity index (χ0v) is 25.3. The fraction of sp³-hybridized carbons (Fsp3) is 0.276. The van der Waals surface area contributed by atoms with Crippen molar-refractivity contribution in [3.8, 4) is 0 Å². The number of carbonyl (C=O) groups excluding carboxylic acids is 3. The lowest BCUT2D eigenvalue weighted by molar-refractivity contribution is -0.115. The van der Waals surface area contributed by atoms with Crippen LogP contribution in [0.1, 0.15) is 41.2 Å². The normalized spacial score (nSPS) is 14.5.